The molecule has 3 aromatic rings. The molecule has 0 spiro atoms. The van der Waals surface area contributed by atoms with Crippen LogP contribution in [-0.4, -0.2) is 30.5 Å². The van der Waals surface area contributed by atoms with E-state index in [2.05, 4.69) is 34.6 Å². The first-order valence-corrected chi connectivity index (χ1v) is 12.8. The van der Waals surface area contributed by atoms with Crippen molar-refractivity contribution in [1.82, 2.24) is 0 Å². The minimum Gasteiger partial charge on any atom is -0.507 e. The molecule has 1 atom stereocenters. The summed E-state index contributed by atoms with van der Waals surface area (Å²) in [6.07, 6.45) is 0. The zero-order valence-corrected chi connectivity index (χ0v) is 22.8. The van der Waals surface area contributed by atoms with E-state index in [4.69, 9.17) is 9.47 Å². The van der Waals surface area contributed by atoms with Crippen LogP contribution in [-0.2, 0) is 15.0 Å². The fourth-order valence-electron chi connectivity index (χ4n) is 4.47. The van der Waals surface area contributed by atoms with Crippen molar-refractivity contribution in [3.05, 3.63) is 95.1 Å². The highest BCUT2D eigenvalue weighted by Crippen LogP contribution is 2.43. The number of hydrogen-bond acceptors (Lipinski definition) is 5. The molecule has 3 aromatic carbocycles. The molecule has 198 valence electrons. The average molecular weight is 514 g/mol. The molecule has 1 aliphatic heterocycles. The van der Waals surface area contributed by atoms with E-state index < -0.39 is 17.7 Å². The number of methoxy groups -OCH3 is 1. The Bertz CT molecular complexity index is 1350. The minimum atomic E-state index is -0.808. The summed E-state index contributed by atoms with van der Waals surface area (Å²) in [6.45, 7) is 11.0. The van der Waals surface area contributed by atoms with E-state index in [0.717, 1.165) is 11.1 Å². The first-order valence-electron chi connectivity index (χ1n) is 12.8. The van der Waals surface area contributed by atoms with Gasteiger partial charge in [-0.1, -0.05) is 71.0 Å². The van der Waals surface area contributed by atoms with Gasteiger partial charge >= 0.3 is 0 Å². The van der Waals surface area contributed by atoms with Crippen LogP contribution < -0.4 is 14.4 Å². The number of hydrogen-bond donors (Lipinski definition) is 1. The second kappa shape index (κ2) is 10.7. The highest BCUT2D eigenvalue weighted by atomic mass is 16.5. The Morgan fingerprint density at radius 3 is 2.18 bits per heavy atom. The highest BCUT2D eigenvalue weighted by molar-refractivity contribution is 6.51. The maximum Gasteiger partial charge on any atom is 0.300 e. The van der Waals surface area contributed by atoms with Crippen LogP contribution in [0.5, 0.6) is 11.5 Å². The summed E-state index contributed by atoms with van der Waals surface area (Å²) in [5.74, 6) is -0.129. The van der Waals surface area contributed by atoms with Crippen molar-refractivity contribution >= 4 is 23.1 Å². The number of benzene rings is 3. The van der Waals surface area contributed by atoms with E-state index in [-0.39, 0.29) is 16.7 Å². The molecular formula is C32H35NO5. The van der Waals surface area contributed by atoms with Crippen molar-refractivity contribution in [1.29, 1.82) is 0 Å². The van der Waals surface area contributed by atoms with Crippen LogP contribution in [0.15, 0.2) is 78.4 Å². The molecule has 1 aliphatic rings. The number of ether oxygens (including phenoxy) is 2. The molecule has 4 rings (SSSR count). The highest BCUT2D eigenvalue weighted by Gasteiger charge is 2.47. The van der Waals surface area contributed by atoms with Gasteiger partial charge in [0.15, 0.2) is 0 Å². The lowest BCUT2D eigenvalue weighted by molar-refractivity contribution is -0.132. The quantitative estimate of drug-likeness (QED) is 0.217. The molecule has 0 bridgehead atoms. The van der Waals surface area contributed by atoms with Gasteiger partial charge in [0, 0.05) is 11.3 Å². The van der Waals surface area contributed by atoms with Crippen LogP contribution in [0.4, 0.5) is 5.69 Å². The third-order valence-electron chi connectivity index (χ3n) is 6.58. The fourth-order valence-corrected chi connectivity index (χ4v) is 4.47. The Balaban J connectivity index is 1.86. The van der Waals surface area contributed by atoms with Crippen molar-refractivity contribution in [2.45, 2.75) is 46.1 Å². The first-order chi connectivity index (χ1) is 18.0. The van der Waals surface area contributed by atoms with Gasteiger partial charge in [0.05, 0.1) is 25.3 Å². The van der Waals surface area contributed by atoms with Gasteiger partial charge in [0.2, 0.25) is 0 Å². The van der Waals surface area contributed by atoms with Crippen molar-refractivity contribution < 1.29 is 24.2 Å². The standard InChI is InChI=1S/C32H35NO5/c1-20(2)19-38-26-9-7-8-22(18-26)29(34)27-28(21-10-12-23(13-11-21)32(3,4)5)33(31(36)30(27)35)24-14-16-25(37-6)17-15-24/h7-18,20,28,34H,19H2,1-6H3/b29-27-. The topological polar surface area (TPSA) is 76.1 Å². The van der Waals surface area contributed by atoms with Gasteiger partial charge in [-0.05, 0) is 58.9 Å². The Hall–Kier alpha value is -4.06. The van der Waals surface area contributed by atoms with Crippen molar-refractivity contribution in [3.8, 4) is 11.5 Å². The molecular weight excluding hydrogens is 478 g/mol. The normalized spacial score (nSPS) is 17.2. The molecule has 1 fully saturated rings. The molecule has 6 heteroatoms. The third kappa shape index (κ3) is 5.44. The van der Waals surface area contributed by atoms with Crippen LogP contribution in [0.3, 0.4) is 0 Å². The summed E-state index contributed by atoms with van der Waals surface area (Å²) < 4.78 is 11.1. The van der Waals surface area contributed by atoms with Crippen LogP contribution in [0.2, 0.25) is 0 Å². The molecule has 1 amide bonds. The van der Waals surface area contributed by atoms with Gasteiger partial charge < -0.3 is 14.6 Å². The molecule has 38 heavy (non-hydrogen) atoms. The predicted octanol–water partition coefficient (Wildman–Crippen LogP) is 6.65. The third-order valence-corrected chi connectivity index (χ3v) is 6.58. The number of aliphatic hydroxyl groups is 1. The van der Waals surface area contributed by atoms with Crippen molar-refractivity contribution in [3.63, 3.8) is 0 Å². The number of carbonyl (C=O) groups excluding carboxylic acids is 2. The van der Waals surface area contributed by atoms with Crippen molar-refractivity contribution in [2.75, 3.05) is 18.6 Å². The van der Waals surface area contributed by atoms with E-state index in [1.54, 1.807) is 55.6 Å². The first kappa shape index (κ1) is 27.0. The van der Waals surface area contributed by atoms with E-state index >= 15 is 0 Å². The molecule has 1 N–H and O–H groups in total. The lowest BCUT2D eigenvalue weighted by Gasteiger charge is -2.26. The van der Waals surface area contributed by atoms with Gasteiger partial charge in [-0.3, -0.25) is 14.5 Å². The Morgan fingerprint density at radius 2 is 1.61 bits per heavy atom. The van der Waals surface area contributed by atoms with E-state index in [0.29, 0.717) is 35.3 Å². The number of aliphatic hydroxyl groups excluding tert-OH is 1. The molecule has 1 saturated heterocycles. The number of Topliss-reactive ketones (excluding diaryl/α,β-unsaturated/α-hetero) is 1. The maximum atomic E-state index is 13.5. The molecule has 0 saturated carbocycles. The SMILES string of the molecule is COc1ccc(N2C(=O)C(=O)/C(=C(\O)c3cccc(OCC(C)C)c3)C2c2ccc(C(C)(C)C)cc2)cc1. The zero-order valence-electron chi connectivity index (χ0n) is 22.8. The summed E-state index contributed by atoms with van der Waals surface area (Å²) >= 11 is 0. The summed E-state index contributed by atoms with van der Waals surface area (Å²) in [6, 6.07) is 21.0. The fraction of sp³-hybridized carbons (Fsp3) is 0.312. The summed E-state index contributed by atoms with van der Waals surface area (Å²) in [4.78, 5) is 28.4. The summed E-state index contributed by atoms with van der Waals surface area (Å²) in [7, 11) is 1.57. The number of nitrogens with zero attached hydrogens (tertiary/aromatic N) is 1. The lowest BCUT2D eigenvalue weighted by atomic mass is 9.85. The molecule has 1 heterocycles. The van der Waals surface area contributed by atoms with Gasteiger partial charge in [-0.2, -0.15) is 0 Å². The van der Waals surface area contributed by atoms with Gasteiger partial charge in [0.1, 0.15) is 17.3 Å². The van der Waals surface area contributed by atoms with E-state index in [9.17, 15) is 14.7 Å². The Labute approximate surface area is 224 Å². The van der Waals surface area contributed by atoms with Gasteiger partial charge in [0.25, 0.3) is 11.7 Å². The molecule has 0 aromatic heterocycles. The van der Waals surface area contributed by atoms with Crippen molar-refractivity contribution in [2.24, 2.45) is 5.92 Å². The number of amides is 1. The maximum absolute atomic E-state index is 13.5. The largest absolute Gasteiger partial charge is 0.507 e. The molecule has 6 nitrogen and oxygen atoms in total. The number of ketones is 1. The Morgan fingerprint density at radius 1 is 0.947 bits per heavy atom. The molecule has 0 aliphatic carbocycles. The van der Waals surface area contributed by atoms with Gasteiger partial charge in [-0.25, -0.2) is 0 Å². The Kier molecular flexibility index (Phi) is 7.63. The second-order valence-corrected chi connectivity index (χ2v) is 11.0. The minimum absolute atomic E-state index is 0.0373. The van der Waals surface area contributed by atoms with Crippen LogP contribution in [0.1, 0.15) is 57.4 Å². The van der Waals surface area contributed by atoms with Crippen LogP contribution in [0.25, 0.3) is 5.76 Å². The smallest absolute Gasteiger partial charge is 0.300 e. The lowest BCUT2D eigenvalue weighted by Crippen LogP contribution is -2.29. The number of carbonyl (C=O) groups is 2. The van der Waals surface area contributed by atoms with E-state index in [1.807, 2.05) is 24.3 Å². The zero-order chi connectivity index (χ0) is 27.6. The molecule has 0 radical (unpaired) electrons. The van der Waals surface area contributed by atoms with Crippen LogP contribution >= 0.6 is 0 Å². The summed E-state index contributed by atoms with van der Waals surface area (Å²) in [5.41, 5.74) is 2.77. The number of anilines is 1. The van der Waals surface area contributed by atoms with Crippen LogP contribution in [0, 0.1) is 5.92 Å². The summed E-state index contributed by atoms with van der Waals surface area (Å²) in [5, 5.41) is 11.5. The monoisotopic (exact) mass is 513 g/mol. The predicted molar refractivity (Wildman–Crippen MR) is 150 cm³/mol. The van der Waals surface area contributed by atoms with Gasteiger partial charge in [-0.15, -0.1) is 0 Å². The van der Waals surface area contributed by atoms with E-state index in [1.165, 1.54) is 4.90 Å². The molecule has 1 unspecified atom stereocenters. The second-order valence-electron chi connectivity index (χ2n) is 11.0. The number of rotatable bonds is 7. The average Bonchev–Trinajstić information content (AvgIpc) is 3.17.